The summed E-state index contributed by atoms with van der Waals surface area (Å²) in [6.07, 6.45) is 6.94. The summed E-state index contributed by atoms with van der Waals surface area (Å²) in [4.78, 5) is 45.5. The van der Waals surface area contributed by atoms with E-state index in [4.69, 9.17) is 18.9 Å². The molecule has 10 nitrogen and oxygen atoms in total. The van der Waals surface area contributed by atoms with E-state index in [0.717, 1.165) is 38.5 Å². The predicted octanol–water partition coefficient (Wildman–Crippen LogP) is 4.17. The number of nitrogens with one attached hydrogen (secondary N) is 2. The third-order valence-corrected chi connectivity index (χ3v) is 4.47. The molecular formula is C26H40N2O8. The Bertz CT molecular complexity index is 697. The minimum atomic E-state index is -0.621. The largest absolute Gasteiger partial charge is 0.449 e. The normalized spacial score (nSPS) is 9.50. The first kappa shape index (κ1) is 32.6. The lowest BCUT2D eigenvalue weighted by Gasteiger charge is -2.07. The molecule has 36 heavy (non-hydrogen) atoms. The SMILES string of the molecule is CCCCC(=O)OCNC(=O)OCCCCC#CC#CCCCCOC(=O)NCOC(=O)CCCC. The molecule has 0 aromatic heterocycles. The van der Waals surface area contributed by atoms with Crippen molar-refractivity contribution in [2.75, 3.05) is 26.7 Å². The van der Waals surface area contributed by atoms with Gasteiger partial charge in [-0.1, -0.05) is 38.5 Å². The van der Waals surface area contributed by atoms with Gasteiger partial charge in [-0.2, -0.15) is 0 Å². The molecule has 0 bridgehead atoms. The highest BCUT2D eigenvalue weighted by Gasteiger charge is 2.05. The van der Waals surface area contributed by atoms with Gasteiger partial charge in [0.2, 0.25) is 0 Å². The van der Waals surface area contributed by atoms with E-state index in [0.29, 0.717) is 38.5 Å². The molecule has 0 aliphatic carbocycles. The molecular weight excluding hydrogens is 468 g/mol. The Hall–Kier alpha value is -3.40. The highest BCUT2D eigenvalue weighted by molar-refractivity contribution is 5.71. The summed E-state index contributed by atoms with van der Waals surface area (Å²) in [6.45, 7) is 4.10. The molecule has 0 aliphatic rings. The molecule has 10 heteroatoms. The quantitative estimate of drug-likeness (QED) is 0.0928. The summed E-state index contributed by atoms with van der Waals surface area (Å²) in [7, 11) is 0. The van der Waals surface area contributed by atoms with E-state index in [1.165, 1.54) is 0 Å². The maximum atomic E-state index is 11.5. The lowest BCUT2D eigenvalue weighted by Crippen LogP contribution is -2.28. The van der Waals surface area contributed by atoms with Crippen LogP contribution in [0.2, 0.25) is 0 Å². The zero-order chi connectivity index (χ0) is 26.7. The van der Waals surface area contributed by atoms with Crippen LogP contribution in [-0.4, -0.2) is 50.8 Å². The molecule has 0 saturated heterocycles. The van der Waals surface area contributed by atoms with Gasteiger partial charge in [-0.05, 0) is 50.4 Å². The van der Waals surface area contributed by atoms with Crippen LogP contribution in [0.1, 0.15) is 90.9 Å². The summed E-state index contributed by atoms with van der Waals surface area (Å²) in [5, 5.41) is 4.72. The number of carbonyl (C=O) groups is 4. The second kappa shape index (κ2) is 24.7. The standard InChI is InChI=1S/C26H40N2O8/c1-3-5-17-23(29)35-21-27-25(31)33-19-15-13-11-9-7-8-10-12-14-16-20-34-26(32)28-22-36-24(30)18-6-4-2/h3-6,11-22H2,1-2H3,(H,27,31)(H,28,32). The molecule has 0 heterocycles. The van der Waals surface area contributed by atoms with Crippen LogP contribution in [0, 0.1) is 23.7 Å². The molecule has 2 amide bonds. The van der Waals surface area contributed by atoms with Crippen LogP contribution in [-0.2, 0) is 28.5 Å². The number of hydrogen-bond donors (Lipinski definition) is 2. The van der Waals surface area contributed by atoms with Crippen LogP contribution in [0.5, 0.6) is 0 Å². The Balaban J connectivity index is 3.55. The van der Waals surface area contributed by atoms with E-state index < -0.39 is 12.2 Å². The first-order valence-electron chi connectivity index (χ1n) is 12.6. The number of rotatable bonds is 18. The van der Waals surface area contributed by atoms with Crippen LogP contribution in [0.15, 0.2) is 0 Å². The van der Waals surface area contributed by atoms with E-state index >= 15 is 0 Å². The third kappa shape index (κ3) is 23.7. The summed E-state index contributed by atoms with van der Waals surface area (Å²) < 4.78 is 19.7. The van der Waals surface area contributed by atoms with Crippen LogP contribution in [0.4, 0.5) is 9.59 Å². The maximum Gasteiger partial charge on any atom is 0.409 e. The molecule has 0 aliphatic heterocycles. The summed E-state index contributed by atoms with van der Waals surface area (Å²) >= 11 is 0. The fourth-order valence-corrected chi connectivity index (χ4v) is 2.41. The number of amides is 2. The van der Waals surface area contributed by atoms with Gasteiger partial charge in [0, 0.05) is 25.7 Å². The number of hydrogen-bond acceptors (Lipinski definition) is 8. The van der Waals surface area contributed by atoms with Crippen LogP contribution in [0.3, 0.4) is 0 Å². The molecule has 0 atom stereocenters. The first-order chi connectivity index (χ1) is 17.5. The van der Waals surface area contributed by atoms with Gasteiger partial charge in [-0.3, -0.25) is 20.2 Å². The number of alkyl carbamates (subject to hydrolysis) is 2. The molecule has 0 spiro atoms. The fourth-order valence-electron chi connectivity index (χ4n) is 2.41. The second-order valence-corrected chi connectivity index (χ2v) is 7.67. The molecule has 0 rings (SSSR count). The molecule has 202 valence electrons. The number of ether oxygens (including phenoxy) is 4. The predicted molar refractivity (Wildman–Crippen MR) is 133 cm³/mol. The van der Waals surface area contributed by atoms with Crippen molar-refractivity contribution >= 4 is 24.1 Å². The van der Waals surface area contributed by atoms with Crippen molar-refractivity contribution in [2.24, 2.45) is 0 Å². The smallest absolute Gasteiger partial charge is 0.409 e. The van der Waals surface area contributed by atoms with E-state index in [-0.39, 0.29) is 38.6 Å². The van der Waals surface area contributed by atoms with E-state index in [9.17, 15) is 19.2 Å². The van der Waals surface area contributed by atoms with Gasteiger partial charge < -0.3 is 18.9 Å². The highest BCUT2D eigenvalue weighted by Crippen LogP contribution is 1.98. The van der Waals surface area contributed by atoms with E-state index in [1.54, 1.807) is 0 Å². The zero-order valence-electron chi connectivity index (χ0n) is 21.6. The summed E-state index contributed by atoms with van der Waals surface area (Å²) in [5.74, 6) is 10.8. The Morgan fingerprint density at radius 3 is 1.39 bits per heavy atom. The first-order valence-corrected chi connectivity index (χ1v) is 12.6. The lowest BCUT2D eigenvalue weighted by atomic mass is 10.2. The lowest BCUT2D eigenvalue weighted by molar-refractivity contribution is -0.145. The van der Waals surface area contributed by atoms with Crippen LogP contribution in [0.25, 0.3) is 0 Å². The van der Waals surface area contributed by atoms with E-state index in [1.807, 2.05) is 13.8 Å². The van der Waals surface area contributed by atoms with E-state index in [2.05, 4.69) is 34.3 Å². The van der Waals surface area contributed by atoms with Crippen molar-refractivity contribution in [1.29, 1.82) is 0 Å². The van der Waals surface area contributed by atoms with Crippen molar-refractivity contribution in [3.63, 3.8) is 0 Å². The van der Waals surface area contributed by atoms with Crippen molar-refractivity contribution in [1.82, 2.24) is 10.6 Å². The number of carbonyl (C=O) groups excluding carboxylic acids is 4. The second-order valence-electron chi connectivity index (χ2n) is 7.67. The molecule has 0 aromatic rings. The van der Waals surface area contributed by atoms with Crippen LogP contribution >= 0.6 is 0 Å². The van der Waals surface area contributed by atoms with Gasteiger partial charge in [-0.25, -0.2) is 9.59 Å². The summed E-state index contributed by atoms with van der Waals surface area (Å²) in [6, 6.07) is 0. The number of esters is 2. The van der Waals surface area contributed by atoms with Gasteiger partial charge >= 0.3 is 24.1 Å². The van der Waals surface area contributed by atoms with Crippen molar-refractivity contribution in [3.05, 3.63) is 0 Å². The fraction of sp³-hybridized carbons (Fsp3) is 0.692. The van der Waals surface area contributed by atoms with Crippen LogP contribution < -0.4 is 10.6 Å². The Morgan fingerprint density at radius 2 is 1.00 bits per heavy atom. The third-order valence-electron chi connectivity index (χ3n) is 4.47. The Labute approximate surface area is 214 Å². The molecule has 0 radical (unpaired) electrons. The molecule has 0 unspecified atom stereocenters. The Kier molecular flexibility index (Phi) is 22.4. The van der Waals surface area contributed by atoms with Crippen molar-refractivity contribution < 1.29 is 38.1 Å². The highest BCUT2D eigenvalue weighted by atomic mass is 16.6. The zero-order valence-corrected chi connectivity index (χ0v) is 21.6. The average molecular weight is 509 g/mol. The van der Waals surface area contributed by atoms with Gasteiger partial charge in [0.05, 0.1) is 13.2 Å². The topological polar surface area (TPSA) is 129 Å². The Morgan fingerprint density at radius 1 is 0.583 bits per heavy atom. The maximum absolute atomic E-state index is 11.5. The van der Waals surface area contributed by atoms with Gasteiger partial charge in [0.1, 0.15) is 0 Å². The minimum Gasteiger partial charge on any atom is -0.449 e. The molecule has 0 aromatic carbocycles. The summed E-state index contributed by atoms with van der Waals surface area (Å²) in [5.41, 5.74) is 0. The van der Waals surface area contributed by atoms with Gasteiger partial charge in [0.25, 0.3) is 0 Å². The number of unbranched alkanes of at least 4 members (excludes halogenated alkanes) is 6. The molecule has 0 saturated carbocycles. The van der Waals surface area contributed by atoms with Crippen molar-refractivity contribution in [3.8, 4) is 23.7 Å². The molecule has 2 N–H and O–H groups in total. The van der Waals surface area contributed by atoms with Crippen molar-refractivity contribution in [2.45, 2.75) is 90.9 Å². The monoisotopic (exact) mass is 508 g/mol. The average Bonchev–Trinajstić information content (AvgIpc) is 2.86. The molecule has 0 fully saturated rings. The van der Waals surface area contributed by atoms with Gasteiger partial charge in [0.15, 0.2) is 13.5 Å². The van der Waals surface area contributed by atoms with Gasteiger partial charge in [-0.15, -0.1) is 0 Å². The minimum absolute atomic E-state index is 0.189.